The summed E-state index contributed by atoms with van der Waals surface area (Å²) in [7, 11) is 0. The summed E-state index contributed by atoms with van der Waals surface area (Å²) in [4.78, 5) is 15.3. The zero-order valence-corrected chi connectivity index (χ0v) is 18.0. The number of hydrogen-bond acceptors (Lipinski definition) is 6. The third-order valence-corrected chi connectivity index (χ3v) is 6.26. The Morgan fingerprint density at radius 1 is 1.23 bits per heavy atom. The zero-order chi connectivity index (χ0) is 22.2. The van der Waals surface area contributed by atoms with Crippen molar-refractivity contribution in [1.29, 1.82) is 0 Å². The van der Waals surface area contributed by atoms with Crippen LogP contribution in [-0.4, -0.2) is 32.4 Å². The van der Waals surface area contributed by atoms with E-state index in [1.165, 1.54) is 23.7 Å². The molecular weight excluding hydrogens is 454 g/mol. The van der Waals surface area contributed by atoms with Gasteiger partial charge in [0, 0.05) is 29.1 Å². The molecule has 5 nitrogen and oxygen atoms in total. The molecule has 1 aliphatic rings. The Hall–Kier alpha value is -2.30. The summed E-state index contributed by atoms with van der Waals surface area (Å²) in [5.74, 6) is -0.563. The van der Waals surface area contributed by atoms with Gasteiger partial charge in [-0.15, -0.1) is 0 Å². The Bertz CT molecular complexity index is 1090. The molecule has 1 fully saturated rings. The van der Waals surface area contributed by atoms with Crippen LogP contribution in [0.1, 0.15) is 30.2 Å². The minimum atomic E-state index is -4.66. The second kappa shape index (κ2) is 8.68. The van der Waals surface area contributed by atoms with E-state index in [0.717, 1.165) is 36.4 Å². The molecule has 31 heavy (non-hydrogen) atoms. The lowest BCUT2D eigenvalue weighted by Gasteiger charge is -2.20. The highest BCUT2D eigenvalue weighted by Gasteiger charge is 2.32. The Balaban J connectivity index is 1.74. The van der Waals surface area contributed by atoms with Gasteiger partial charge < -0.3 is 5.32 Å². The van der Waals surface area contributed by atoms with E-state index < -0.39 is 17.6 Å². The summed E-state index contributed by atoms with van der Waals surface area (Å²) in [6.07, 6.45) is -1.27. The van der Waals surface area contributed by atoms with Gasteiger partial charge in [0.05, 0.1) is 11.3 Å². The van der Waals surface area contributed by atoms with Crippen LogP contribution in [0, 0.1) is 5.82 Å². The molecule has 164 valence electrons. The molecule has 0 saturated carbocycles. The SMILES string of the molecule is C[C@@H]1CCCN1Cc1sc(Nc2cc(Cl)ncn2)nc1-c1cc(F)cc(C(F)(F)F)c1. The average molecular weight is 472 g/mol. The van der Waals surface area contributed by atoms with E-state index in [2.05, 4.69) is 32.1 Å². The fourth-order valence-corrected chi connectivity index (χ4v) is 4.71. The number of alkyl halides is 3. The average Bonchev–Trinajstić information content (AvgIpc) is 3.27. The molecule has 1 N–H and O–H groups in total. The zero-order valence-electron chi connectivity index (χ0n) is 16.4. The summed E-state index contributed by atoms with van der Waals surface area (Å²) in [5, 5.41) is 3.67. The topological polar surface area (TPSA) is 53.9 Å². The molecule has 11 heteroatoms. The lowest BCUT2D eigenvalue weighted by atomic mass is 10.1. The van der Waals surface area contributed by atoms with Crippen LogP contribution < -0.4 is 5.32 Å². The molecular formula is C20H18ClF4N5S. The molecule has 0 unspecified atom stereocenters. The molecule has 2 aromatic heterocycles. The number of rotatable bonds is 5. The Morgan fingerprint density at radius 3 is 2.71 bits per heavy atom. The van der Waals surface area contributed by atoms with Gasteiger partial charge in [-0.1, -0.05) is 22.9 Å². The number of anilines is 2. The van der Waals surface area contributed by atoms with Gasteiger partial charge >= 0.3 is 6.18 Å². The van der Waals surface area contributed by atoms with Crippen molar-refractivity contribution in [3.05, 3.63) is 52.0 Å². The molecule has 3 aromatic rings. The van der Waals surface area contributed by atoms with Crippen molar-refractivity contribution in [3.8, 4) is 11.3 Å². The molecule has 1 aliphatic heterocycles. The van der Waals surface area contributed by atoms with Gasteiger partial charge in [-0.2, -0.15) is 13.2 Å². The number of hydrogen-bond donors (Lipinski definition) is 1. The lowest BCUT2D eigenvalue weighted by Crippen LogP contribution is -2.25. The molecule has 4 rings (SSSR count). The highest BCUT2D eigenvalue weighted by atomic mass is 35.5. The van der Waals surface area contributed by atoms with E-state index in [-0.39, 0.29) is 10.7 Å². The van der Waals surface area contributed by atoms with Crippen LogP contribution in [0.2, 0.25) is 5.15 Å². The van der Waals surface area contributed by atoms with Crippen LogP contribution in [0.3, 0.4) is 0 Å². The summed E-state index contributed by atoms with van der Waals surface area (Å²) >= 11 is 7.18. The van der Waals surface area contributed by atoms with E-state index in [0.29, 0.717) is 35.3 Å². The third kappa shape index (κ3) is 5.13. The summed E-state index contributed by atoms with van der Waals surface area (Å²) in [5.41, 5.74) is -0.649. The Kier molecular flexibility index (Phi) is 6.14. The Morgan fingerprint density at radius 2 is 2.03 bits per heavy atom. The van der Waals surface area contributed by atoms with E-state index >= 15 is 0 Å². The van der Waals surface area contributed by atoms with Gasteiger partial charge in [0.25, 0.3) is 0 Å². The Labute approximate surface area is 185 Å². The molecule has 0 amide bonds. The van der Waals surface area contributed by atoms with E-state index in [1.807, 2.05) is 0 Å². The number of halogens is 5. The number of benzene rings is 1. The van der Waals surface area contributed by atoms with Crippen LogP contribution in [0.15, 0.2) is 30.6 Å². The maximum absolute atomic E-state index is 14.1. The van der Waals surface area contributed by atoms with E-state index in [1.54, 1.807) is 0 Å². The fourth-order valence-electron chi connectivity index (χ4n) is 3.55. The molecule has 0 aliphatic carbocycles. The number of thiazole rings is 1. The smallest absolute Gasteiger partial charge is 0.316 e. The number of nitrogens with zero attached hydrogens (tertiary/aromatic N) is 4. The maximum atomic E-state index is 14.1. The van der Waals surface area contributed by atoms with Crippen LogP contribution >= 0.6 is 22.9 Å². The molecule has 0 spiro atoms. The van der Waals surface area contributed by atoms with E-state index in [9.17, 15) is 17.6 Å². The van der Waals surface area contributed by atoms with Gasteiger partial charge in [-0.3, -0.25) is 4.90 Å². The number of likely N-dealkylation sites (tertiary alicyclic amines) is 1. The molecule has 0 radical (unpaired) electrons. The number of nitrogens with one attached hydrogen (secondary N) is 1. The van der Waals surface area contributed by atoms with Gasteiger partial charge in [0.1, 0.15) is 23.1 Å². The van der Waals surface area contributed by atoms with Gasteiger partial charge in [0.15, 0.2) is 5.13 Å². The summed E-state index contributed by atoms with van der Waals surface area (Å²) in [6, 6.07) is 4.35. The normalized spacial score (nSPS) is 17.3. The predicted molar refractivity (Wildman–Crippen MR) is 112 cm³/mol. The van der Waals surface area contributed by atoms with Crippen LogP contribution in [0.4, 0.5) is 28.5 Å². The second-order valence-corrected chi connectivity index (χ2v) is 8.80. The number of aromatic nitrogens is 3. The minimum Gasteiger partial charge on any atom is -0.316 e. The monoisotopic (exact) mass is 471 g/mol. The second-order valence-electron chi connectivity index (χ2n) is 7.33. The van der Waals surface area contributed by atoms with Crippen molar-refractivity contribution >= 4 is 33.9 Å². The van der Waals surface area contributed by atoms with Crippen LogP contribution in [0.5, 0.6) is 0 Å². The van der Waals surface area contributed by atoms with E-state index in [4.69, 9.17) is 11.6 Å². The van der Waals surface area contributed by atoms with Gasteiger partial charge in [-0.05, 0) is 44.5 Å². The van der Waals surface area contributed by atoms with Crippen LogP contribution in [0.25, 0.3) is 11.3 Å². The maximum Gasteiger partial charge on any atom is 0.416 e. The quantitative estimate of drug-likeness (QED) is 0.358. The predicted octanol–water partition coefficient (Wildman–Crippen LogP) is 6.14. The van der Waals surface area contributed by atoms with Crippen molar-refractivity contribution in [2.24, 2.45) is 0 Å². The first-order valence-corrected chi connectivity index (χ1v) is 10.7. The van der Waals surface area contributed by atoms with Crippen molar-refractivity contribution in [2.45, 2.75) is 38.5 Å². The third-order valence-electron chi connectivity index (χ3n) is 5.10. The molecule has 0 bridgehead atoms. The molecule has 3 heterocycles. The fraction of sp³-hybridized carbons (Fsp3) is 0.350. The first kappa shape index (κ1) is 21.9. The first-order valence-electron chi connectivity index (χ1n) is 9.55. The van der Waals surface area contributed by atoms with Gasteiger partial charge in [0.2, 0.25) is 0 Å². The highest BCUT2D eigenvalue weighted by Crippen LogP contribution is 2.38. The van der Waals surface area contributed by atoms with Crippen LogP contribution in [-0.2, 0) is 12.7 Å². The molecule has 1 saturated heterocycles. The van der Waals surface area contributed by atoms with Crippen molar-refractivity contribution in [2.75, 3.05) is 11.9 Å². The standard InChI is InChI=1S/C20H18ClF4N5S/c1-11-3-2-4-30(11)9-15-18(12-5-13(20(23,24)25)7-14(22)6-12)29-19(31-15)28-17-8-16(21)26-10-27-17/h5-8,10-11H,2-4,9H2,1H3,(H,26,27,28,29)/t11-/m1/s1. The summed E-state index contributed by atoms with van der Waals surface area (Å²) in [6.45, 7) is 3.51. The highest BCUT2D eigenvalue weighted by molar-refractivity contribution is 7.16. The molecule has 1 aromatic carbocycles. The molecule has 1 atom stereocenters. The lowest BCUT2D eigenvalue weighted by molar-refractivity contribution is -0.137. The van der Waals surface area contributed by atoms with Crippen molar-refractivity contribution in [3.63, 3.8) is 0 Å². The van der Waals surface area contributed by atoms with Crippen molar-refractivity contribution in [1.82, 2.24) is 19.9 Å². The minimum absolute atomic E-state index is 0.0826. The first-order chi connectivity index (χ1) is 14.7. The summed E-state index contributed by atoms with van der Waals surface area (Å²) < 4.78 is 53.8. The van der Waals surface area contributed by atoms with Crippen molar-refractivity contribution < 1.29 is 17.6 Å². The largest absolute Gasteiger partial charge is 0.416 e. The van der Waals surface area contributed by atoms with Gasteiger partial charge in [-0.25, -0.2) is 19.3 Å².